The molecule has 0 spiro atoms. The molecule has 0 aliphatic rings. The van der Waals surface area contributed by atoms with E-state index in [-0.39, 0.29) is 111 Å². The summed E-state index contributed by atoms with van der Waals surface area (Å²) in [5.74, 6) is 0. The highest BCUT2D eigenvalue weighted by Gasteiger charge is 1.75. The largest absolute Gasteiger partial charge is 0.0776 e. The van der Waals surface area contributed by atoms with Crippen LogP contribution in [0.5, 0.6) is 0 Å². The van der Waals surface area contributed by atoms with Gasteiger partial charge >= 0.3 is 0 Å². The maximum absolute atomic E-state index is 2.23. The lowest BCUT2D eigenvalue weighted by Crippen LogP contribution is -1.66. The fourth-order valence-corrected chi connectivity index (χ4v) is 0.500. The minimum atomic E-state index is 0. The first-order chi connectivity index (χ1) is 7.16. The highest BCUT2D eigenvalue weighted by atomic mass is 13.8. The number of hydrogen-bond donors (Lipinski definition) is 0. The molecule has 0 aliphatic heterocycles. The molecule has 0 heterocycles. The third kappa shape index (κ3) is 2270. The van der Waals surface area contributed by atoms with Crippen molar-refractivity contribution in [1.29, 1.82) is 0 Å². The van der Waals surface area contributed by atoms with Crippen LogP contribution in [-0.2, 0) is 0 Å². The molecule has 0 aromatic rings. The molecule has 0 atom stereocenters. The van der Waals surface area contributed by atoms with E-state index in [1.54, 1.807) is 0 Å². The first-order valence-corrected chi connectivity index (χ1v) is 7.16. The van der Waals surface area contributed by atoms with Crippen molar-refractivity contribution in [2.45, 2.75) is 212 Å². The van der Waals surface area contributed by atoms with Crippen LogP contribution in [0.4, 0.5) is 0 Å². The third-order valence-electron chi connectivity index (χ3n) is 0.957. The van der Waals surface area contributed by atoms with Crippen molar-refractivity contribution in [2.24, 2.45) is 0 Å². The molecule has 0 N–H and O–H groups in total. The van der Waals surface area contributed by atoms with E-state index in [0.29, 0.717) is 0 Å². The molecule has 218 valence electrons. The first kappa shape index (κ1) is 209. The Balaban J connectivity index is -0.00000000279. The smallest absolute Gasteiger partial charge is 0.0536 e. The topological polar surface area (TPSA) is 0 Å². The predicted octanol–water partition coefficient (Wildman–Crippen LogP) is 16.4. The van der Waals surface area contributed by atoms with Gasteiger partial charge in [0.2, 0.25) is 0 Å². The maximum Gasteiger partial charge on any atom is -0.0536 e. The van der Waals surface area contributed by atoms with Gasteiger partial charge in [0.05, 0.1) is 0 Å². The molecule has 0 fully saturated rings. The molecular formula is C30H98. The van der Waals surface area contributed by atoms with Crippen molar-refractivity contribution < 1.29 is 0 Å². The van der Waals surface area contributed by atoms with Crippen molar-refractivity contribution >= 4 is 0 Å². The second-order valence-corrected chi connectivity index (χ2v) is 3.83. The Morgan fingerprint density at radius 2 is 0.300 bits per heavy atom. The van der Waals surface area contributed by atoms with E-state index in [1.807, 2.05) is 0 Å². The van der Waals surface area contributed by atoms with Gasteiger partial charge in [-0.1, -0.05) is 212 Å². The van der Waals surface area contributed by atoms with E-state index in [4.69, 9.17) is 0 Å². The molecule has 0 aliphatic carbocycles. The summed E-state index contributed by atoms with van der Waals surface area (Å²) in [6.07, 6.45) is 9.29. The lowest BCUT2D eigenvalue weighted by molar-refractivity contribution is 0.702. The van der Waals surface area contributed by atoms with Crippen molar-refractivity contribution in [3.05, 3.63) is 0 Å². The summed E-state index contributed by atoms with van der Waals surface area (Å²) in [6, 6.07) is 0. The van der Waals surface area contributed by atoms with Gasteiger partial charge in [-0.2, -0.15) is 0 Å². The molecule has 0 heteroatoms. The Bertz CT molecular complexity index is 30.5. The van der Waals surface area contributed by atoms with Crippen LogP contribution in [0.1, 0.15) is 212 Å². The van der Waals surface area contributed by atoms with Gasteiger partial charge in [-0.05, 0) is 0 Å². The third-order valence-corrected chi connectivity index (χ3v) is 0.957. The molecule has 0 radical (unpaired) electrons. The molecule has 30 heavy (non-hydrogen) atoms. The highest BCUT2D eigenvalue weighted by molar-refractivity contribution is 4.31. The number of rotatable bonds is 3. The molecule has 0 nitrogen and oxygen atoms in total. The summed E-state index contributed by atoms with van der Waals surface area (Å²) >= 11 is 0. The zero-order valence-electron chi connectivity index (χ0n) is 12.9. The van der Waals surface area contributed by atoms with Gasteiger partial charge in [0.25, 0.3) is 0 Å². The zero-order chi connectivity index (χ0) is 12.9. The van der Waals surface area contributed by atoms with E-state index >= 15 is 0 Å². The van der Waals surface area contributed by atoms with E-state index in [1.165, 1.54) is 44.9 Å². The molecule has 0 amide bonds. The normalized spacial score (nSPS) is 3.60. The summed E-state index contributed by atoms with van der Waals surface area (Å²) in [6.45, 7) is 17.2. The molecule has 0 aromatic carbocycles. The van der Waals surface area contributed by atoms with Gasteiger partial charge in [0.15, 0.2) is 0 Å². The monoisotopic (exact) mass is 459 g/mol. The Labute approximate surface area is 211 Å². The minimum absolute atomic E-state index is 0. The Morgan fingerprint density at radius 3 is 0.333 bits per heavy atom. The van der Waals surface area contributed by atoms with Gasteiger partial charge in [-0.25, -0.2) is 0 Å². The molecular weight excluding hydrogens is 360 g/mol. The Morgan fingerprint density at radius 1 is 0.233 bits per heavy atom. The SMILES string of the molecule is C.C.C.C.C.C.C.C.C.C.C.C.C.C.C.CCC.CCC.CCC.CCCCCC. The van der Waals surface area contributed by atoms with Crippen LogP contribution < -0.4 is 0 Å². The summed E-state index contributed by atoms with van der Waals surface area (Å²) < 4.78 is 0. The van der Waals surface area contributed by atoms with Crippen molar-refractivity contribution in [3.8, 4) is 0 Å². The Hall–Kier alpha value is 0. The fraction of sp³-hybridized carbons (Fsp3) is 1.00. The van der Waals surface area contributed by atoms with Gasteiger partial charge in [0.1, 0.15) is 0 Å². The summed E-state index contributed by atoms with van der Waals surface area (Å²) in [5, 5.41) is 0. The van der Waals surface area contributed by atoms with Crippen molar-refractivity contribution in [1.82, 2.24) is 0 Å². The van der Waals surface area contributed by atoms with E-state index < -0.39 is 0 Å². The predicted molar refractivity (Wildman–Crippen MR) is 179 cm³/mol. The first-order valence-electron chi connectivity index (χ1n) is 7.16. The molecule has 0 unspecified atom stereocenters. The van der Waals surface area contributed by atoms with E-state index in [2.05, 4.69) is 55.4 Å². The second-order valence-electron chi connectivity index (χ2n) is 3.83. The van der Waals surface area contributed by atoms with E-state index in [9.17, 15) is 0 Å². The summed E-state index contributed by atoms with van der Waals surface area (Å²) in [7, 11) is 0. The quantitative estimate of drug-likeness (QED) is 0.368. The molecule has 0 saturated heterocycles. The average Bonchev–Trinajstić information content (AvgIpc) is 2.18. The number of unbranched alkanes of at least 4 members (excludes halogenated alkanes) is 3. The lowest BCUT2D eigenvalue weighted by Gasteiger charge is -1.86. The van der Waals surface area contributed by atoms with Crippen LogP contribution in [0.25, 0.3) is 0 Å². The van der Waals surface area contributed by atoms with Crippen LogP contribution in [0, 0.1) is 0 Å². The molecule has 0 rings (SSSR count). The fourth-order valence-electron chi connectivity index (χ4n) is 0.500. The van der Waals surface area contributed by atoms with Gasteiger partial charge in [-0.15, -0.1) is 0 Å². The molecule has 0 bridgehead atoms. The standard InChI is InChI=1S/C6H14.3C3H8.15CH4/c1-3-5-6-4-2;3*1-3-2;;;;;;;;;;;;;;;/h3-6H2,1-2H3;3*3H2,1-2H3;15*1H4. The molecule has 0 aromatic heterocycles. The van der Waals surface area contributed by atoms with Gasteiger partial charge in [0, 0.05) is 0 Å². The van der Waals surface area contributed by atoms with Crippen molar-refractivity contribution in [3.63, 3.8) is 0 Å². The minimum Gasteiger partial charge on any atom is -0.0776 e. The maximum atomic E-state index is 2.23. The van der Waals surface area contributed by atoms with Gasteiger partial charge in [-0.3, -0.25) is 0 Å². The van der Waals surface area contributed by atoms with Gasteiger partial charge < -0.3 is 0 Å². The zero-order valence-corrected chi connectivity index (χ0v) is 12.9. The van der Waals surface area contributed by atoms with Crippen LogP contribution in [0.15, 0.2) is 0 Å². The summed E-state index contributed by atoms with van der Waals surface area (Å²) in [4.78, 5) is 0. The Kier molecular flexibility index (Phi) is 3220. The highest BCUT2D eigenvalue weighted by Crippen LogP contribution is 1.95. The lowest BCUT2D eigenvalue weighted by atomic mass is 10.2. The van der Waals surface area contributed by atoms with Crippen LogP contribution in [0.2, 0.25) is 0 Å². The van der Waals surface area contributed by atoms with E-state index in [0.717, 1.165) is 0 Å². The summed E-state index contributed by atoms with van der Waals surface area (Å²) in [5.41, 5.74) is 0. The second kappa shape index (κ2) is 464. The number of hydrogen-bond acceptors (Lipinski definition) is 0. The van der Waals surface area contributed by atoms with Crippen molar-refractivity contribution in [2.75, 3.05) is 0 Å². The van der Waals surface area contributed by atoms with Crippen LogP contribution >= 0.6 is 0 Å². The molecule has 0 saturated carbocycles. The van der Waals surface area contributed by atoms with Crippen LogP contribution in [0.3, 0.4) is 0 Å². The van der Waals surface area contributed by atoms with Crippen LogP contribution in [-0.4, -0.2) is 0 Å². The average molecular weight is 459 g/mol.